The Morgan fingerprint density at radius 1 is 0.920 bits per heavy atom. The largest absolute Gasteiger partial charge is 0.494 e. The van der Waals surface area contributed by atoms with E-state index in [2.05, 4.69) is 32.7 Å². The molecule has 2 N–H and O–H groups in total. The number of hydrogen-bond acceptors (Lipinski definition) is 5. The molecule has 0 unspecified atom stereocenters. The number of rotatable bonds is 7. The van der Waals surface area contributed by atoms with E-state index in [-0.39, 0.29) is 0 Å². The van der Waals surface area contributed by atoms with Gasteiger partial charge in [-0.3, -0.25) is 0 Å². The number of ether oxygens (including phenoxy) is 1. The van der Waals surface area contributed by atoms with E-state index in [1.54, 1.807) is 0 Å². The summed E-state index contributed by atoms with van der Waals surface area (Å²) in [5.41, 5.74) is 2.16. The Kier molecular flexibility index (Phi) is 5.46. The predicted molar refractivity (Wildman–Crippen MR) is 101 cm³/mol. The van der Waals surface area contributed by atoms with E-state index in [4.69, 9.17) is 4.74 Å². The van der Waals surface area contributed by atoms with Crippen LogP contribution in [0.3, 0.4) is 0 Å². The molecule has 5 heteroatoms. The summed E-state index contributed by atoms with van der Waals surface area (Å²) in [4.78, 5) is 8.90. The monoisotopic (exact) mass is 334 g/mol. The lowest BCUT2D eigenvalue weighted by Gasteiger charge is -2.11. The first-order valence-electron chi connectivity index (χ1n) is 8.36. The Hall–Kier alpha value is -3.08. The fourth-order valence-corrected chi connectivity index (χ4v) is 2.46. The maximum Gasteiger partial charge on any atom is 0.136 e. The van der Waals surface area contributed by atoms with Gasteiger partial charge in [0.05, 0.1) is 6.61 Å². The second-order valence-electron chi connectivity index (χ2n) is 5.61. The Morgan fingerprint density at radius 2 is 1.64 bits per heavy atom. The van der Waals surface area contributed by atoms with Gasteiger partial charge in [0.2, 0.25) is 0 Å². The van der Waals surface area contributed by atoms with Crippen LogP contribution in [0, 0.1) is 6.92 Å². The van der Waals surface area contributed by atoms with Gasteiger partial charge in [0.15, 0.2) is 0 Å². The molecule has 1 aromatic heterocycles. The molecular formula is C20H22N4O. The smallest absolute Gasteiger partial charge is 0.136 e. The van der Waals surface area contributed by atoms with Crippen molar-refractivity contribution in [2.24, 2.45) is 0 Å². The summed E-state index contributed by atoms with van der Waals surface area (Å²) >= 11 is 0. The van der Waals surface area contributed by atoms with E-state index in [9.17, 15) is 0 Å². The lowest BCUT2D eigenvalue weighted by atomic mass is 10.2. The van der Waals surface area contributed by atoms with Crippen LogP contribution in [-0.4, -0.2) is 16.6 Å². The first kappa shape index (κ1) is 16.8. The third kappa shape index (κ3) is 4.94. The molecule has 0 spiro atoms. The number of aryl methyl sites for hydroxylation is 1. The van der Waals surface area contributed by atoms with Gasteiger partial charge in [-0.15, -0.1) is 0 Å². The minimum absolute atomic E-state index is 0.661. The van der Waals surface area contributed by atoms with Gasteiger partial charge in [0, 0.05) is 18.3 Å². The lowest BCUT2D eigenvalue weighted by molar-refractivity contribution is 0.340. The Balaban J connectivity index is 1.68. The Morgan fingerprint density at radius 3 is 2.36 bits per heavy atom. The molecule has 0 fully saturated rings. The quantitative estimate of drug-likeness (QED) is 0.664. The van der Waals surface area contributed by atoms with Crippen molar-refractivity contribution >= 4 is 17.3 Å². The van der Waals surface area contributed by atoms with Gasteiger partial charge >= 0.3 is 0 Å². The van der Waals surface area contributed by atoms with Gasteiger partial charge in [-0.2, -0.15) is 0 Å². The number of benzene rings is 2. The van der Waals surface area contributed by atoms with Crippen LogP contribution in [0.4, 0.5) is 17.3 Å². The van der Waals surface area contributed by atoms with Crippen molar-refractivity contribution < 1.29 is 4.74 Å². The molecule has 0 aliphatic carbocycles. The first-order valence-corrected chi connectivity index (χ1v) is 8.36. The fourth-order valence-electron chi connectivity index (χ4n) is 2.46. The average Bonchev–Trinajstić information content (AvgIpc) is 2.62. The number of anilines is 3. The second-order valence-corrected chi connectivity index (χ2v) is 5.61. The Labute approximate surface area is 148 Å². The highest BCUT2D eigenvalue weighted by atomic mass is 16.5. The highest BCUT2D eigenvalue weighted by molar-refractivity contribution is 5.60. The maximum absolute atomic E-state index is 5.46. The van der Waals surface area contributed by atoms with E-state index in [1.807, 2.05) is 62.4 Å². The van der Waals surface area contributed by atoms with Gasteiger partial charge in [-0.05, 0) is 43.7 Å². The summed E-state index contributed by atoms with van der Waals surface area (Å²) in [7, 11) is 0. The molecule has 0 aliphatic rings. The number of hydrogen-bond donors (Lipinski definition) is 2. The van der Waals surface area contributed by atoms with E-state index >= 15 is 0 Å². The zero-order valence-corrected chi connectivity index (χ0v) is 14.5. The van der Waals surface area contributed by atoms with E-state index < -0.39 is 0 Å². The molecule has 0 aliphatic heterocycles. The molecule has 0 saturated carbocycles. The van der Waals surface area contributed by atoms with E-state index in [1.165, 1.54) is 5.56 Å². The van der Waals surface area contributed by atoms with Crippen molar-refractivity contribution in [3.63, 3.8) is 0 Å². The minimum Gasteiger partial charge on any atom is -0.494 e. The molecular weight excluding hydrogens is 312 g/mol. The molecule has 5 nitrogen and oxygen atoms in total. The molecule has 25 heavy (non-hydrogen) atoms. The van der Waals surface area contributed by atoms with Crippen LogP contribution in [0.15, 0.2) is 60.7 Å². The normalized spacial score (nSPS) is 10.3. The molecule has 2 aromatic carbocycles. The van der Waals surface area contributed by atoms with Gasteiger partial charge in [-0.25, -0.2) is 9.97 Å². The van der Waals surface area contributed by atoms with Crippen LogP contribution in [0.1, 0.15) is 18.3 Å². The summed E-state index contributed by atoms with van der Waals surface area (Å²) in [6.45, 7) is 5.24. The molecule has 0 amide bonds. The van der Waals surface area contributed by atoms with Crippen LogP contribution < -0.4 is 15.4 Å². The molecule has 0 saturated heterocycles. The number of aromatic nitrogens is 2. The summed E-state index contributed by atoms with van der Waals surface area (Å²) in [5, 5.41) is 6.65. The summed E-state index contributed by atoms with van der Waals surface area (Å²) in [6, 6.07) is 20.0. The van der Waals surface area contributed by atoms with Gasteiger partial charge < -0.3 is 15.4 Å². The molecule has 0 radical (unpaired) electrons. The van der Waals surface area contributed by atoms with Crippen molar-refractivity contribution in [1.29, 1.82) is 0 Å². The van der Waals surface area contributed by atoms with Crippen LogP contribution >= 0.6 is 0 Å². The highest BCUT2D eigenvalue weighted by Crippen LogP contribution is 2.20. The summed E-state index contributed by atoms with van der Waals surface area (Å²) in [5.74, 6) is 3.13. The third-order valence-electron chi connectivity index (χ3n) is 3.59. The SMILES string of the molecule is CCOc1ccc(Nc2cc(NCc3ccccc3)nc(C)n2)cc1. The van der Waals surface area contributed by atoms with Crippen molar-refractivity contribution in [2.75, 3.05) is 17.2 Å². The van der Waals surface area contributed by atoms with Gasteiger partial charge in [0.25, 0.3) is 0 Å². The molecule has 0 bridgehead atoms. The zero-order valence-electron chi connectivity index (χ0n) is 14.5. The first-order chi connectivity index (χ1) is 12.2. The molecule has 3 rings (SSSR count). The Bertz CT molecular complexity index is 804. The molecule has 128 valence electrons. The van der Waals surface area contributed by atoms with Gasteiger partial charge in [-0.1, -0.05) is 30.3 Å². The standard InChI is InChI=1S/C20H22N4O/c1-3-25-18-11-9-17(10-12-18)24-20-13-19(22-15(2)23-20)21-14-16-7-5-4-6-8-16/h4-13H,3,14H2,1-2H3,(H2,21,22,23,24). The highest BCUT2D eigenvalue weighted by Gasteiger charge is 2.03. The van der Waals surface area contributed by atoms with Crippen molar-refractivity contribution in [3.05, 3.63) is 72.1 Å². The molecule has 0 atom stereocenters. The van der Waals surface area contributed by atoms with Crippen molar-refractivity contribution in [2.45, 2.75) is 20.4 Å². The molecule has 3 aromatic rings. The lowest BCUT2D eigenvalue weighted by Crippen LogP contribution is -2.05. The topological polar surface area (TPSA) is 59.1 Å². The number of nitrogens with one attached hydrogen (secondary N) is 2. The van der Waals surface area contributed by atoms with Crippen LogP contribution in [0.2, 0.25) is 0 Å². The fraction of sp³-hybridized carbons (Fsp3) is 0.200. The predicted octanol–water partition coefficient (Wildman–Crippen LogP) is 4.54. The summed E-state index contributed by atoms with van der Waals surface area (Å²) in [6.07, 6.45) is 0. The van der Waals surface area contributed by atoms with Crippen molar-refractivity contribution in [3.8, 4) is 5.75 Å². The number of nitrogens with zero attached hydrogens (tertiary/aromatic N) is 2. The maximum atomic E-state index is 5.46. The van der Waals surface area contributed by atoms with E-state index in [0.29, 0.717) is 12.4 Å². The summed E-state index contributed by atoms with van der Waals surface area (Å²) < 4.78 is 5.46. The third-order valence-corrected chi connectivity index (χ3v) is 3.59. The van der Waals surface area contributed by atoms with Crippen LogP contribution in [-0.2, 0) is 6.54 Å². The average molecular weight is 334 g/mol. The zero-order chi connectivity index (χ0) is 17.5. The second kappa shape index (κ2) is 8.15. The molecule has 1 heterocycles. The van der Waals surface area contributed by atoms with Crippen LogP contribution in [0.5, 0.6) is 5.75 Å². The van der Waals surface area contributed by atoms with Gasteiger partial charge in [0.1, 0.15) is 23.2 Å². The van der Waals surface area contributed by atoms with Crippen LogP contribution in [0.25, 0.3) is 0 Å². The minimum atomic E-state index is 0.661. The van der Waals surface area contributed by atoms with Crippen molar-refractivity contribution in [1.82, 2.24) is 9.97 Å². The van der Waals surface area contributed by atoms with E-state index in [0.717, 1.165) is 29.6 Å².